The summed E-state index contributed by atoms with van der Waals surface area (Å²) < 4.78 is 5.74. The van der Waals surface area contributed by atoms with Gasteiger partial charge in [-0.05, 0) is 41.8 Å². The third-order valence-corrected chi connectivity index (χ3v) is 5.27. The van der Waals surface area contributed by atoms with Crippen LogP contribution in [0.15, 0.2) is 59.5 Å². The number of carbonyl (C=O) groups is 4. The second-order valence-corrected chi connectivity index (χ2v) is 6.95. The van der Waals surface area contributed by atoms with Crippen LogP contribution in [-0.4, -0.2) is 45.7 Å². The summed E-state index contributed by atoms with van der Waals surface area (Å²) in [5, 5.41) is 9.68. The predicted molar refractivity (Wildman–Crippen MR) is 106 cm³/mol. The van der Waals surface area contributed by atoms with Crippen molar-refractivity contribution in [3.05, 3.63) is 70.6 Å². The molecule has 1 atom stereocenters. The number of fused-ring (bicyclic) bond motifs is 1. The van der Waals surface area contributed by atoms with E-state index < -0.39 is 23.3 Å². The van der Waals surface area contributed by atoms with E-state index in [0.29, 0.717) is 22.3 Å². The molecule has 2 aliphatic rings. The Kier molecular flexibility index (Phi) is 5.46. The number of amides is 2. The van der Waals surface area contributed by atoms with Crippen LogP contribution in [0.5, 0.6) is 0 Å². The lowest BCUT2D eigenvalue weighted by Crippen LogP contribution is -2.60. The first-order chi connectivity index (χ1) is 14.2. The van der Waals surface area contributed by atoms with Gasteiger partial charge in [-0.15, -0.1) is 0 Å². The van der Waals surface area contributed by atoms with Gasteiger partial charge in [0.05, 0.1) is 0 Å². The number of ether oxygens (including phenoxy) is 1. The van der Waals surface area contributed by atoms with Gasteiger partial charge >= 0.3 is 5.97 Å². The van der Waals surface area contributed by atoms with Crippen LogP contribution in [0.4, 0.5) is 0 Å². The molecule has 0 bridgehead atoms. The second kappa shape index (κ2) is 7.86. The van der Waals surface area contributed by atoms with E-state index in [-0.39, 0.29) is 31.1 Å². The van der Waals surface area contributed by atoms with Crippen molar-refractivity contribution in [2.75, 3.05) is 6.54 Å². The Morgan fingerprint density at radius 3 is 2.37 bits per heavy atom. The van der Waals surface area contributed by atoms with E-state index in [1.165, 1.54) is 17.2 Å². The highest BCUT2D eigenvalue weighted by molar-refractivity contribution is 6.07. The highest BCUT2D eigenvalue weighted by Crippen LogP contribution is 2.35. The van der Waals surface area contributed by atoms with E-state index in [9.17, 15) is 24.3 Å². The number of ketones is 1. The molecule has 156 valence electrons. The Hall–Kier alpha value is -3.88. The number of nitrogens with two attached hydrogens (primary N) is 2. The number of rotatable bonds is 8. The molecule has 0 radical (unpaired) electrons. The molecule has 1 aliphatic heterocycles. The Bertz CT molecular complexity index is 1010. The van der Waals surface area contributed by atoms with Gasteiger partial charge in [-0.1, -0.05) is 19.1 Å². The minimum absolute atomic E-state index is 0.00948. The molecule has 1 unspecified atom stereocenters. The van der Waals surface area contributed by atoms with Crippen LogP contribution in [0.25, 0.3) is 0 Å². The van der Waals surface area contributed by atoms with Crippen LogP contribution in [-0.2, 0) is 25.7 Å². The normalized spacial score (nSPS) is 17.3. The minimum Gasteiger partial charge on any atom is -0.484 e. The van der Waals surface area contributed by atoms with Gasteiger partial charge in [0, 0.05) is 23.9 Å². The number of benzene rings is 1. The Morgan fingerprint density at radius 1 is 1.17 bits per heavy atom. The topological polar surface area (TPSA) is 153 Å². The first-order valence-corrected chi connectivity index (χ1v) is 9.20. The maximum Gasteiger partial charge on any atom is 0.339 e. The molecular weight excluding hydrogens is 390 g/mol. The number of primary amides is 2. The van der Waals surface area contributed by atoms with Crippen molar-refractivity contribution in [2.24, 2.45) is 11.5 Å². The predicted octanol–water partition coefficient (Wildman–Crippen LogP) is 0.613. The van der Waals surface area contributed by atoms with E-state index >= 15 is 0 Å². The molecule has 30 heavy (non-hydrogen) atoms. The maximum absolute atomic E-state index is 12.4. The van der Waals surface area contributed by atoms with Crippen LogP contribution >= 0.6 is 0 Å². The summed E-state index contributed by atoms with van der Waals surface area (Å²) in [4.78, 5) is 48.8. The average Bonchev–Trinajstić information content (AvgIpc) is 3.12. The van der Waals surface area contributed by atoms with Gasteiger partial charge in [0.1, 0.15) is 6.61 Å². The molecule has 1 aliphatic carbocycles. The second-order valence-electron chi connectivity index (χ2n) is 6.95. The number of carboxylic acid groups (broad SMARTS) is 1. The van der Waals surface area contributed by atoms with Crippen molar-refractivity contribution >= 4 is 23.6 Å². The molecule has 0 saturated carbocycles. The Balaban J connectivity index is 1.87. The average molecular weight is 411 g/mol. The summed E-state index contributed by atoms with van der Waals surface area (Å²) in [5.41, 5.74) is 10.8. The molecular formula is C21H21N3O6. The lowest BCUT2D eigenvalue weighted by atomic mass is 9.93. The lowest BCUT2D eigenvalue weighted by Gasteiger charge is -2.34. The minimum atomic E-state index is -1.93. The van der Waals surface area contributed by atoms with Crippen LogP contribution in [0.2, 0.25) is 0 Å². The third-order valence-electron chi connectivity index (χ3n) is 5.27. The first-order valence-electron chi connectivity index (χ1n) is 9.20. The number of carbonyl (C=O) groups excluding carboxylic acids is 3. The molecule has 1 aromatic rings. The fourth-order valence-corrected chi connectivity index (χ4v) is 3.51. The van der Waals surface area contributed by atoms with E-state index in [1.807, 2.05) is 0 Å². The molecule has 9 nitrogen and oxygen atoms in total. The lowest BCUT2D eigenvalue weighted by molar-refractivity contribution is -0.155. The summed E-state index contributed by atoms with van der Waals surface area (Å²) in [6.07, 6.45) is 4.33. The van der Waals surface area contributed by atoms with Crippen molar-refractivity contribution in [3.8, 4) is 0 Å². The van der Waals surface area contributed by atoms with Crippen LogP contribution in [0.3, 0.4) is 0 Å². The van der Waals surface area contributed by atoms with Gasteiger partial charge in [-0.25, -0.2) is 4.79 Å². The quantitative estimate of drug-likeness (QED) is 0.530. The van der Waals surface area contributed by atoms with Gasteiger partial charge in [0.2, 0.25) is 17.2 Å². The van der Waals surface area contributed by atoms with E-state index in [4.69, 9.17) is 16.2 Å². The molecule has 0 aromatic heterocycles. The van der Waals surface area contributed by atoms with Gasteiger partial charge < -0.3 is 26.2 Å². The zero-order valence-corrected chi connectivity index (χ0v) is 16.3. The van der Waals surface area contributed by atoms with Crippen molar-refractivity contribution in [1.29, 1.82) is 0 Å². The molecule has 0 spiro atoms. The highest BCUT2D eigenvalue weighted by atomic mass is 16.5. The number of hydrogen-bond acceptors (Lipinski definition) is 6. The summed E-state index contributed by atoms with van der Waals surface area (Å²) in [7, 11) is 0. The first kappa shape index (κ1) is 20.8. The SMILES string of the molecule is CCC(C(N)=O)(C(=O)O)N1C=C2C=CC(=O)C(OCc3ccc(C(N)=O)cc3)=C2C1. The van der Waals surface area contributed by atoms with Crippen LogP contribution < -0.4 is 11.5 Å². The summed E-state index contributed by atoms with van der Waals surface area (Å²) in [6, 6.07) is 6.43. The Labute approximate surface area is 172 Å². The van der Waals surface area contributed by atoms with Crippen molar-refractivity contribution in [2.45, 2.75) is 25.5 Å². The molecule has 1 aromatic carbocycles. The molecule has 1 heterocycles. The molecule has 0 fully saturated rings. The fourth-order valence-electron chi connectivity index (χ4n) is 3.51. The molecule has 3 rings (SSSR count). The monoisotopic (exact) mass is 411 g/mol. The molecule has 5 N–H and O–H groups in total. The maximum atomic E-state index is 12.4. The van der Waals surface area contributed by atoms with Crippen molar-refractivity contribution < 1.29 is 29.0 Å². The summed E-state index contributed by atoms with van der Waals surface area (Å²) in [6.45, 7) is 1.60. The van der Waals surface area contributed by atoms with Gasteiger partial charge in [-0.3, -0.25) is 14.4 Å². The molecule has 9 heteroatoms. The van der Waals surface area contributed by atoms with E-state index in [0.717, 1.165) is 0 Å². The smallest absolute Gasteiger partial charge is 0.339 e. The zero-order valence-electron chi connectivity index (χ0n) is 16.3. The van der Waals surface area contributed by atoms with Crippen LogP contribution in [0, 0.1) is 0 Å². The van der Waals surface area contributed by atoms with Crippen molar-refractivity contribution in [1.82, 2.24) is 4.90 Å². The molecule has 2 amide bonds. The summed E-state index contributed by atoms with van der Waals surface area (Å²) in [5.74, 6) is -3.19. The Morgan fingerprint density at radius 2 is 1.83 bits per heavy atom. The number of hydrogen-bond donors (Lipinski definition) is 3. The highest BCUT2D eigenvalue weighted by Gasteiger charge is 2.50. The molecule has 0 saturated heterocycles. The third kappa shape index (κ3) is 3.45. The standard InChI is InChI=1S/C21H21N3O6/c1-2-21(19(23)27,20(28)29)24-9-14-7-8-16(25)17(15(14)10-24)30-11-12-3-5-13(6-4-12)18(22)26/h3-9H,2,10-11H2,1H3,(H2,22,26)(H2,23,27)(H,28,29). The fraction of sp³-hybridized carbons (Fsp3) is 0.238. The summed E-state index contributed by atoms with van der Waals surface area (Å²) >= 11 is 0. The number of carboxylic acids is 1. The number of allylic oxidation sites excluding steroid dienone is 2. The number of aliphatic carboxylic acids is 1. The largest absolute Gasteiger partial charge is 0.484 e. The van der Waals surface area contributed by atoms with Crippen molar-refractivity contribution in [3.63, 3.8) is 0 Å². The van der Waals surface area contributed by atoms with Gasteiger partial charge in [-0.2, -0.15) is 0 Å². The van der Waals surface area contributed by atoms with E-state index in [2.05, 4.69) is 0 Å². The number of nitrogens with zero attached hydrogens (tertiary/aromatic N) is 1. The zero-order chi connectivity index (χ0) is 22.1. The van der Waals surface area contributed by atoms with Gasteiger partial charge in [0.15, 0.2) is 5.76 Å². The van der Waals surface area contributed by atoms with Crippen LogP contribution in [0.1, 0.15) is 29.3 Å². The van der Waals surface area contributed by atoms with Gasteiger partial charge in [0.25, 0.3) is 5.91 Å². The van der Waals surface area contributed by atoms with E-state index in [1.54, 1.807) is 37.3 Å².